The number of alkyl halides is 3. The Kier molecular flexibility index (Phi) is 5.33. The van der Waals surface area contributed by atoms with E-state index in [1.165, 1.54) is 11.8 Å². The zero-order valence-corrected chi connectivity index (χ0v) is 10.3. The van der Waals surface area contributed by atoms with Crippen molar-refractivity contribution in [2.75, 3.05) is 5.75 Å². The highest BCUT2D eigenvalue weighted by Crippen LogP contribution is 2.26. The molecule has 1 N–H and O–H groups in total. The minimum absolute atomic E-state index is 0.234. The Morgan fingerprint density at radius 3 is 2.53 bits per heavy atom. The fourth-order valence-corrected chi connectivity index (χ4v) is 2.33. The van der Waals surface area contributed by atoms with E-state index in [4.69, 9.17) is 0 Å². The standard InChI is InChI=1S/C12H15F3OS/c1-9-4-2-3-5-11(9)17-8-10(16)6-7-12(13,14)15/h2-5,10,16H,6-8H2,1H3. The summed E-state index contributed by atoms with van der Waals surface area (Å²) in [5, 5.41) is 9.44. The molecule has 0 saturated heterocycles. The van der Waals surface area contributed by atoms with Gasteiger partial charge in [0.2, 0.25) is 0 Å². The summed E-state index contributed by atoms with van der Waals surface area (Å²) in [5.74, 6) is 0.293. The molecule has 1 rings (SSSR count). The van der Waals surface area contributed by atoms with Gasteiger partial charge in [0.15, 0.2) is 0 Å². The minimum atomic E-state index is -4.19. The summed E-state index contributed by atoms with van der Waals surface area (Å²) >= 11 is 1.39. The van der Waals surface area contributed by atoms with Crippen molar-refractivity contribution >= 4 is 11.8 Å². The molecule has 96 valence electrons. The van der Waals surface area contributed by atoms with Crippen LogP contribution in [-0.4, -0.2) is 23.1 Å². The molecule has 0 radical (unpaired) electrons. The van der Waals surface area contributed by atoms with E-state index in [1.54, 1.807) is 0 Å². The fourth-order valence-electron chi connectivity index (χ4n) is 1.32. The molecule has 0 aliphatic heterocycles. The molecule has 1 aromatic rings. The highest BCUT2D eigenvalue weighted by Gasteiger charge is 2.27. The Labute approximate surface area is 103 Å². The molecule has 0 aliphatic carbocycles. The van der Waals surface area contributed by atoms with Crippen molar-refractivity contribution in [3.05, 3.63) is 29.8 Å². The van der Waals surface area contributed by atoms with Crippen LogP contribution in [0.2, 0.25) is 0 Å². The summed E-state index contributed by atoms with van der Waals surface area (Å²) in [6.07, 6.45) is -6.26. The summed E-state index contributed by atoms with van der Waals surface area (Å²) in [6.45, 7) is 1.93. The highest BCUT2D eigenvalue weighted by atomic mass is 32.2. The lowest BCUT2D eigenvalue weighted by Crippen LogP contribution is -2.16. The van der Waals surface area contributed by atoms with Crippen molar-refractivity contribution in [3.8, 4) is 0 Å². The van der Waals surface area contributed by atoms with Gasteiger partial charge in [-0.2, -0.15) is 13.2 Å². The van der Waals surface area contributed by atoms with Crippen LogP contribution in [0.1, 0.15) is 18.4 Å². The van der Waals surface area contributed by atoms with Crippen molar-refractivity contribution < 1.29 is 18.3 Å². The Balaban J connectivity index is 2.34. The summed E-state index contributed by atoms with van der Waals surface area (Å²) < 4.78 is 35.8. The van der Waals surface area contributed by atoms with Crippen molar-refractivity contribution in [1.82, 2.24) is 0 Å². The maximum Gasteiger partial charge on any atom is 0.389 e. The first-order valence-corrected chi connectivity index (χ1v) is 6.30. The van der Waals surface area contributed by atoms with Crippen LogP contribution in [0.3, 0.4) is 0 Å². The quantitative estimate of drug-likeness (QED) is 0.816. The number of halogens is 3. The van der Waals surface area contributed by atoms with Crippen LogP contribution in [0, 0.1) is 6.92 Å². The number of benzene rings is 1. The number of rotatable bonds is 5. The topological polar surface area (TPSA) is 20.2 Å². The number of hydrogen-bond donors (Lipinski definition) is 1. The third-order valence-corrected chi connectivity index (χ3v) is 3.61. The largest absolute Gasteiger partial charge is 0.392 e. The molecule has 1 unspecified atom stereocenters. The monoisotopic (exact) mass is 264 g/mol. The van der Waals surface area contributed by atoms with E-state index < -0.39 is 18.7 Å². The second-order valence-corrected chi connectivity index (χ2v) is 4.95. The van der Waals surface area contributed by atoms with E-state index >= 15 is 0 Å². The lowest BCUT2D eigenvalue weighted by molar-refractivity contribution is -0.139. The molecular formula is C12H15F3OS. The Morgan fingerprint density at radius 1 is 1.29 bits per heavy atom. The van der Waals surface area contributed by atoms with Crippen LogP contribution in [0.25, 0.3) is 0 Å². The second kappa shape index (κ2) is 6.31. The Hall–Kier alpha value is -0.680. The van der Waals surface area contributed by atoms with Crippen LogP contribution in [0.5, 0.6) is 0 Å². The van der Waals surface area contributed by atoms with Crippen molar-refractivity contribution in [2.45, 2.75) is 36.9 Å². The molecule has 17 heavy (non-hydrogen) atoms. The van der Waals surface area contributed by atoms with Gasteiger partial charge in [-0.25, -0.2) is 0 Å². The van der Waals surface area contributed by atoms with Gasteiger partial charge >= 0.3 is 6.18 Å². The zero-order chi connectivity index (χ0) is 12.9. The van der Waals surface area contributed by atoms with Gasteiger partial charge in [0.05, 0.1) is 6.10 Å². The maximum absolute atomic E-state index is 11.9. The lowest BCUT2D eigenvalue weighted by Gasteiger charge is -2.12. The Morgan fingerprint density at radius 2 is 1.94 bits per heavy atom. The van der Waals surface area contributed by atoms with Gasteiger partial charge in [-0.1, -0.05) is 18.2 Å². The molecule has 0 aromatic heterocycles. The molecule has 0 bridgehead atoms. The molecule has 1 aromatic carbocycles. The van der Waals surface area contributed by atoms with E-state index in [-0.39, 0.29) is 6.42 Å². The van der Waals surface area contributed by atoms with Crippen LogP contribution < -0.4 is 0 Å². The second-order valence-electron chi connectivity index (χ2n) is 3.88. The molecule has 0 spiro atoms. The molecule has 0 aliphatic rings. The highest BCUT2D eigenvalue weighted by molar-refractivity contribution is 7.99. The molecule has 0 saturated carbocycles. The smallest absolute Gasteiger partial charge is 0.389 e. The summed E-state index contributed by atoms with van der Waals surface area (Å²) in [4.78, 5) is 0.999. The molecule has 5 heteroatoms. The fraction of sp³-hybridized carbons (Fsp3) is 0.500. The predicted octanol–water partition coefficient (Wildman–Crippen LogP) is 3.79. The maximum atomic E-state index is 11.9. The van der Waals surface area contributed by atoms with Gasteiger partial charge in [0, 0.05) is 17.1 Å². The normalized spacial score (nSPS) is 13.7. The van der Waals surface area contributed by atoms with E-state index in [1.807, 2.05) is 31.2 Å². The van der Waals surface area contributed by atoms with Crippen molar-refractivity contribution in [1.29, 1.82) is 0 Å². The molecule has 0 amide bonds. The third-order valence-electron chi connectivity index (χ3n) is 2.29. The number of aliphatic hydroxyl groups is 1. The van der Waals surface area contributed by atoms with Gasteiger partial charge in [-0.15, -0.1) is 11.8 Å². The van der Waals surface area contributed by atoms with Gasteiger partial charge in [0.1, 0.15) is 0 Å². The molecule has 1 atom stereocenters. The van der Waals surface area contributed by atoms with Crippen LogP contribution >= 0.6 is 11.8 Å². The zero-order valence-electron chi connectivity index (χ0n) is 9.50. The molecular weight excluding hydrogens is 249 g/mol. The van der Waals surface area contributed by atoms with Crippen molar-refractivity contribution in [3.63, 3.8) is 0 Å². The summed E-state index contributed by atoms with van der Waals surface area (Å²) in [7, 11) is 0. The van der Waals surface area contributed by atoms with Crippen LogP contribution in [0.15, 0.2) is 29.2 Å². The first-order chi connectivity index (χ1) is 7.88. The van der Waals surface area contributed by atoms with Gasteiger partial charge in [-0.05, 0) is 25.0 Å². The molecule has 0 heterocycles. The molecule has 0 fully saturated rings. The molecule has 1 nitrogen and oxygen atoms in total. The number of thioether (sulfide) groups is 1. The van der Waals surface area contributed by atoms with E-state index in [0.29, 0.717) is 5.75 Å². The van der Waals surface area contributed by atoms with E-state index in [2.05, 4.69) is 0 Å². The van der Waals surface area contributed by atoms with E-state index in [0.717, 1.165) is 10.5 Å². The predicted molar refractivity (Wildman–Crippen MR) is 63.2 cm³/mol. The third kappa shape index (κ3) is 5.98. The average Bonchev–Trinajstić information content (AvgIpc) is 2.24. The Bertz CT molecular complexity index is 352. The van der Waals surface area contributed by atoms with Gasteiger partial charge < -0.3 is 5.11 Å². The first-order valence-electron chi connectivity index (χ1n) is 5.32. The summed E-state index contributed by atoms with van der Waals surface area (Å²) in [6, 6.07) is 7.61. The van der Waals surface area contributed by atoms with Gasteiger partial charge in [0.25, 0.3) is 0 Å². The number of aliphatic hydroxyl groups excluding tert-OH is 1. The summed E-state index contributed by atoms with van der Waals surface area (Å²) in [5.41, 5.74) is 1.07. The van der Waals surface area contributed by atoms with Crippen LogP contribution in [0.4, 0.5) is 13.2 Å². The number of aryl methyl sites for hydroxylation is 1. The average molecular weight is 264 g/mol. The van der Waals surface area contributed by atoms with Gasteiger partial charge in [-0.3, -0.25) is 0 Å². The lowest BCUT2D eigenvalue weighted by atomic mass is 10.2. The SMILES string of the molecule is Cc1ccccc1SCC(O)CCC(F)(F)F. The minimum Gasteiger partial charge on any atom is -0.392 e. The van der Waals surface area contributed by atoms with Crippen molar-refractivity contribution in [2.24, 2.45) is 0 Å². The van der Waals surface area contributed by atoms with Crippen LogP contribution in [-0.2, 0) is 0 Å². The number of hydrogen-bond acceptors (Lipinski definition) is 2. The van der Waals surface area contributed by atoms with E-state index in [9.17, 15) is 18.3 Å². The first kappa shape index (κ1) is 14.4.